The smallest absolute Gasteiger partial charge is 0.346 e. The van der Waals surface area contributed by atoms with Crippen LogP contribution in [0.2, 0.25) is 0 Å². The van der Waals surface area contributed by atoms with E-state index in [1.807, 2.05) is 0 Å². The van der Waals surface area contributed by atoms with Gasteiger partial charge in [0, 0.05) is 18.5 Å². The summed E-state index contributed by atoms with van der Waals surface area (Å²) in [5.74, 6) is 2.38. The van der Waals surface area contributed by atoms with Crippen molar-refractivity contribution in [2.75, 3.05) is 23.4 Å². The molecule has 3 N–H and O–H groups in total. The molecule has 0 amide bonds. The molecule has 0 radical (unpaired) electrons. The third kappa shape index (κ3) is 17.0. The maximum atomic E-state index is 11.2. The number of thioether (sulfide) groups is 1. The topological polar surface area (TPSA) is 78.0 Å². The van der Waals surface area contributed by atoms with Crippen molar-refractivity contribution in [2.24, 2.45) is 0 Å². The van der Waals surface area contributed by atoms with Crippen molar-refractivity contribution in [3.8, 4) is 0 Å². The summed E-state index contributed by atoms with van der Waals surface area (Å²) < 4.78 is 0.758. The second-order valence-electron chi connectivity index (χ2n) is 8.80. The van der Waals surface area contributed by atoms with Gasteiger partial charge < -0.3 is 15.4 Å². The number of hydrogen-bond acceptors (Lipinski definition) is 5. The maximum Gasteiger partial charge on any atom is 0.346 e. The van der Waals surface area contributed by atoms with Gasteiger partial charge in [-0.2, -0.15) is 16.7 Å². The zero-order valence-corrected chi connectivity index (χ0v) is 22.6. The van der Waals surface area contributed by atoms with Crippen molar-refractivity contribution in [2.45, 2.75) is 116 Å². The molecule has 1 rings (SSSR count). The van der Waals surface area contributed by atoms with E-state index < -0.39 is 0 Å². The lowest BCUT2D eigenvalue weighted by Gasteiger charge is -2.10. The van der Waals surface area contributed by atoms with E-state index in [1.54, 1.807) is 18.0 Å². The predicted molar refractivity (Wildman–Crippen MR) is 144 cm³/mol. The first-order valence-electron chi connectivity index (χ1n) is 12.9. The molecule has 0 aromatic carbocycles. The highest BCUT2D eigenvalue weighted by atomic mass is 79.9. The molecule has 0 saturated heterocycles. The van der Waals surface area contributed by atoms with E-state index in [0.717, 1.165) is 41.8 Å². The van der Waals surface area contributed by atoms with Crippen LogP contribution in [0.25, 0.3) is 0 Å². The van der Waals surface area contributed by atoms with E-state index >= 15 is 0 Å². The number of rotatable bonds is 22. The Balaban J connectivity index is 1.81. The number of anilines is 1. The molecule has 0 aliphatic rings. The van der Waals surface area contributed by atoms with E-state index in [4.69, 9.17) is 0 Å². The summed E-state index contributed by atoms with van der Waals surface area (Å²) >= 11 is 5.16. The number of nitrogens with zero attached hydrogens (tertiary/aromatic N) is 1. The largest absolute Gasteiger partial charge is 0.392 e. The third-order valence-electron chi connectivity index (χ3n) is 5.72. The molecule has 7 heteroatoms. The molecule has 186 valence electrons. The summed E-state index contributed by atoms with van der Waals surface area (Å²) in [7, 11) is 0. The van der Waals surface area contributed by atoms with Gasteiger partial charge in [-0.25, -0.2) is 4.79 Å². The predicted octanol–water partition coefficient (Wildman–Crippen LogP) is 7.30. The molecule has 0 fully saturated rings. The number of aliphatic hydroxyl groups excluding tert-OH is 1. The van der Waals surface area contributed by atoms with Crippen LogP contribution in [-0.2, 0) is 0 Å². The zero-order valence-electron chi connectivity index (χ0n) is 20.2. The van der Waals surface area contributed by atoms with Crippen LogP contribution in [0.4, 0.5) is 5.82 Å². The second-order valence-corrected chi connectivity index (χ2v) is 10.8. The summed E-state index contributed by atoms with van der Waals surface area (Å²) in [4.78, 5) is 17.7. The van der Waals surface area contributed by atoms with Crippen LogP contribution in [0.3, 0.4) is 0 Å². The number of halogens is 1. The Hall–Kier alpha value is -0.530. The highest BCUT2D eigenvalue weighted by molar-refractivity contribution is 9.10. The van der Waals surface area contributed by atoms with E-state index in [9.17, 15) is 9.90 Å². The number of nitrogens with one attached hydrogen (secondary N) is 2. The molecule has 1 heterocycles. The van der Waals surface area contributed by atoms with Crippen molar-refractivity contribution >= 4 is 33.5 Å². The number of hydrogen-bond donors (Lipinski definition) is 3. The lowest BCUT2D eigenvalue weighted by Crippen LogP contribution is -2.15. The minimum atomic E-state index is -0.350. The fourth-order valence-electron chi connectivity index (χ4n) is 3.76. The highest BCUT2D eigenvalue weighted by Gasteiger charge is 2.05. The van der Waals surface area contributed by atoms with Crippen molar-refractivity contribution < 1.29 is 5.11 Å². The fourth-order valence-corrected chi connectivity index (χ4v) is 5.06. The van der Waals surface area contributed by atoms with Gasteiger partial charge in [-0.3, -0.25) is 0 Å². The average Bonchev–Trinajstić information content (AvgIpc) is 2.78. The van der Waals surface area contributed by atoms with Crippen molar-refractivity contribution in [3.63, 3.8) is 0 Å². The quantitative estimate of drug-likeness (QED) is 0.137. The number of aromatic amines is 1. The number of aliphatic hydroxyl groups is 1. The Morgan fingerprint density at radius 3 is 2.12 bits per heavy atom. The summed E-state index contributed by atoms with van der Waals surface area (Å²) in [5, 5.41) is 13.3. The lowest BCUT2D eigenvalue weighted by atomic mass is 10.0. The average molecular weight is 533 g/mol. The summed E-state index contributed by atoms with van der Waals surface area (Å²) in [5.41, 5.74) is -0.350. The molecule has 0 bridgehead atoms. The Morgan fingerprint density at radius 2 is 1.53 bits per heavy atom. The summed E-state index contributed by atoms with van der Waals surface area (Å²) in [6.07, 6.45) is 22.5. The van der Waals surface area contributed by atoms with Crippen molar-refractivity contribution in [1.82, 2.24) is 9.97 Å². The van der Waals surface area contributed by atoms with Crippen LogP contribution >= 0.6 is 27.7 Å². The minimum Gasteiger partial charge on any atom is -0.392 e. The molecule has 1 atom stereocenters. The van der Waals surface area contributed by atoms with Gasteiger partial charge in [0.25, 0.3) is 0 Å². The first-order chi connectivity index (χ1) is 15.6. The molecule has 1 unspecified atom stereocenters. The van der Waals surface area contributed by atoms with Gasteiger partial charge in [0.1, 0.15) is 5.82 Å². The van der Waals surface area contributed by atoms with Crippen LogP contribution in [-0.4, -0.2) is 39.2 Å². The monoisotopic (exact) mass is 531 g/mol. The van der Waals surface area contributed by atoms with Crippen LogP contribution in [0, 0.1) is 0 Å². The second kappa shape index (κ2) is 21.0. The summed E-state index contributed by atoms with van der Waals surface area (Å²) in [6.45, 7) is 3.04. The third-order valence-corrected chi connectivity index (χ3v) is 7.52. The zero-order chi connectivity index (χ0) is 23.3. The van der Waals surface area contributed by atoms with Gasteiger partial charge in [-0.1, -0.05) is 96.8 Å². The Morgan fingerprint density at radius 1 is 0.969 bits per heavy atom. The molecule has 1 aromatic heterocycles. The molecule has 32 heavy (non-hydrogen) atoms. The number of unbranched alkanes of at least 4 members (excludes halogenated alkanes) is 13. The maximum absolute atomic E-state index is 11.2. The first-order valence-corrected chi connectivity index (χ1v) is 14.8. The van der Waals surface area contributed by atoms with Gasteiger partial charge >= 0.3 is 5.69 Å². The van der Waals surface area contributed by atoms with Gasteiger partial charge in [0.05, 0.1) is 10.6 Å². The first kappa shape index (κ1) is 29.5. The summed E-state index contributed by atoms with van der Waals surface area (Å²) in [6, 6.07) is 0. The van der Waals surface area contributed by atoms with Crippen molar-refractivity contribution in [1.29, 1.82) is 0 Å². The van der Waals surface area contributed by atoms with E-state index in [-0.39, 0.29) is 11.8 Å². The SMILES string of the molecule is CCCCCCCCCCCCCCCCC(O)CSCCCNc1nc(=O)[nH]cc1Br. The Labute approximate surface area is 208 Å². The molecule has 0 saturated carbocycles. The molecular formula is C25H46BrN3O2S. The van der Waals surface area contributed by atoms with Gasteiger partial charge in [0.2, 0.25) is 0 Å². The molecule has 0 spiro atoms. The van der Waals surface area contributed by atoms with E-state index in [2.05, 4.69) is 38.1 Å². The van der Waals surface area contributed by atoms with Gasteiger partial charge in [0.15, 0.2) is 0 Å². The minimum absolute atomic E-state index is 0.186. The van der Waals surface area contributed by atoms with Crippen LogP contribution in [0.1, 0.15) is 110 Å². The molecule has 1 aromatic rings. The van der Waals surface area contributed by atoms with E-state index in [0.29, 0.717) is 5.82 Å². The Kier molecular flexibility index (Phi) is 19.4. The molecule has 0 aliphatic heterocycles. The highest BCUT2D eigenvalue weighted by Crippen LogP contribution is 2.17. The van der Waals surface area contributed by atoms with Crippen molar-refractivity contribution in [3.05, 3.63) is 21.2 Å². The Bertz CT molecular complexity index is 615. The number of H-pyrrole nitrogens is 1. The standard InChI is InChI=1S/C25H46BrN3O2S/c1-2-3-4-5-6-7-8-9-10-11-12-13-14-15-17-22(30)21-32-19-16-18-27-24-23(26)20-28-25(31)29-24/h20,22,30H,2-19,21H2,1H3,(H2,27,28,29,31). The fraction of sp³-hybridized carbons (Fsp3) is 0.840. The van der Waals surface area contributed by atoms with Crippen LogP contribution < -0.4 is 11.0 Å². The van der Waals surface area contributed by atoms with Crippen LogP contribution in [0.15, 0.2) is 15.5 Å². The molecule has 0 aliphatic carbocycles. The molecular weight excluding hydrogens is 486 g/mol. The lowest BCUT2D eigenvalue weighted by molar-refractivity contribution is 0.185. The van der Waals surface area contributed by atoms with E-state index in [1.165, 1.54) is 83.5 Å². The van der Waals surface area contributed by atoms with Gasteiger partial charge in [-0.05, 0) is 34.5 Å². The van der Waals surface area contributed by atoms with Gasteiger partial charge in [-0.15, -0.1) is 0 Å². The molecule has 5 nitrogen and oxygen atoms in total. The van der Waals surface area contributed by atoms with Crippen LogP contribution in [0.5, 0.6) is 0 Å². The number of aromatic nitrogens is 2. The normalized spacial score (nSPS) is 12.2.